The second-order valence-electron chi connectivity index (χ2n) is 4.52. The van der Waals surface area contributed by atoms with Crippen LogP contribution in [0.15, 0.2) is 35.8 Å². The van der Waals surface area contributed by atoms with Crippen molar-refractivity contribution in [3.8, 4) is 0 Å². The van der Waals surface area contributed by atoms with Gasteiger partial charge in [-0.25, -0.2) is 0 Å². The summed E-state index contributed by atoms with van der Waals surface area (Å²) in [6, 6.07) is 7.62. The van der Waals surface area contributed by atoms with Gasteiger partial charge in [-0.1, -0.05) is 17.0 Å². The van der Waals surface area contributed by atoms with Crippen LogP contribution < -0.4 is 10.6 Å². The van der Waals surface area contributed by atoms with Gasteiger partial charge < -0.3 is 32.7 Å². The molecular weight excluding hydrogens is 305 g/mol. The van der Waals surface area contributed by atoms with E-state index in [9.17, 15) is 17.3 Å². The topological polar surface area (TPSA) is 70.8 Å². The van der Waals surface area contributed by atoms with E-state index in [4.69, 9.17) is 4.84 Å². The van der Waals surface area contributed by atoms with Crippen LogP contribution in [0.25, 0.3) is 11.0 Å². The zero-order valence-corrected chi connectivity index (χ0v) is 12.3. The fourth-order valence-electron chi connectivity index (χ4n) is 1.54. The monoisotopic (exact) mass is 321 g/mol. The van der Waals surface area contributed by atoms with Crippen LogP contribution in [0.2, 0.25) is 0 Å². The van der Waals surface area contributed by atoms with Crippen molar-refractivity contribution in [3.63, 3.8) is 0 Å². The minimum absolute atomic E-state index is 0.653. The molecule has 1 heterocycles. The Kier molecular flexibility index (Phi) is 5.74. The number of aromatic nitrogens is 3. The number of rotatable bonds is 3. The van der Waals surface area contributed by atoms with Gasteiger partial charge in [-0.2, -0.15) is 0 Å². The fourth-order valence-corrected chi connectivity index (χ4v) is 1.54. The number of hydrogen-bond donors (Lipinski definition) is 1. The Hall–Kier alpha value is -2.30. The van der Waals surface area contributed by atoms with Gasteiger partial charge in [-0.15, -0.1) is 5.10 Å². The SMILES string of the molecule is CC([NH3+])=C(On1nnc2ccccc21)N(C)C.F[B-](F)(F)F. The summed E-state index contributed by atoms with van der Waals surface area (Å²) in [7, 11) is -2.22. The van der Waals surface area contributed by atoms with Crippen LogP contribution in [0.5, 0.6) is 0 Å². The van der Waals surface area contributed by atoms with Crippen molar-refractivity contribution in [1.82, 2.24) is 20.1 Å². The molecular formula is C11H16BF4N5O. The summed E-state index contributed by atoms with van der Waals surface area (Å²) in [5, 5.41) is 7.97. The lowest BCUT2D eigenvalue weighted by Crippen LogP contribution is -2.49. The van der Waals surface area contributed by atoms with Gasteiger partial charge in [0, 0.05) is 21.0 Å². The molecule has 0 radical (unpaired) electrons. The molecule has 0 aliphatic rings. The van der Waals surface area contributed by atoms with E-state index >= 15 is 0 Å². The highest BCUT2D eigenvalue weighted by Gasteiger charge is 2.20. The summed E-state index contributed by atoms with van der Waals surface area (Å²) in [6.07, 6.45) is 0. The first-order valence-corrected chi connectivity index (χ1v) is 6.16. The van der Waals surface area contributed by atoms with Gasteiger partial charge in [0.15, 0.2) is 5.70 Å². The van der Waals surface area contributed by atoms with Gasteiger partial charge in [-0.3, -0.25) is 0 Å². The summed E-state index contributed by atoms with van der Waals surface area (Å²) >= 11 is 0. The molecule has 0 saturated heterocycles. The van der Waals surface area contributed by atoms with E-state index in [1.807, 2.05) is 50.2 Å². The van der Waals surface area contributed by atoms with Crippen molar-refractivity contribution in [1.29, 1.82) is 0 Å². The second-order valence-corrected chi connectivity index (χ2v) is 4.52. The molecule has 0 atom stereocenters. The molecule has 0 amide bonds. The van der Waals surface area contributed by atoms with E-state index in [1.54, 1.807) is 0 Å². The Morgan fingerprint density at radius 2 is 1.77 bits per heavy atom. The Labute approximate surface area is 124 Å². The van der Waals surface area contributed by atoms with Crippen LogP contribution >= 0.6 is 0 Å². The standard InChI is InChI=1S/C11H15N5O.BF4/c1-8(12)11(15(2)3)17-16-10-7-5-4-6-9(10)13-14-16;2-1(3,4)5/h4-7H,12H2,1-3H3;/q;-1/p+1. The molecule has 22 heavy (non-hydrogen) atoms. The molecule has 0 spiro atoms. The smallest absolute Gasteiger partial charge is 0.418 e. The maximum atomic E-state index is 9.75. The van der Waals surface area contributed by atoms with Gasteiger partial charge in [0.1, 0.15) is 11.0 Å². The Morgan fingerprint density at radius 1 is 1.23 bits per heavy atom. The number of fused-ring (bicyclic) bond motifs is 1. The number of nitrogens with zero attached hydrogens (tertiary/aromatic N) is 4. The van der Waals surface area contributed by atoms with Gasteiger partial charge in [0.25, 0.3) is 5.88 Å². The van der Waals surface area contributed by atoms with E-state index in [0.717, 1.165) is 16.7 Å². The Bertz CT molecular complexity index is 645. The molecule has 122 valence electrons. The van der Waals surface area contributed by atoms with Crippen LogP contribution in [0.3, 0.4) is 0 Å². The number of quaternary nitrogens is 1. The highest BCUT2D eigenvalue weighted by Crippen LogP contribution is 2.10. The molecule has 0 bridgehead atoms. The Balaban J connectivity index is 0.000000422. The van der Waals surface area contributed by atoms with Gasteiger partial charge >= 0.3 is 7.25 Å². The summed E-state index contributed by atoms with van der Waals surface area (Å²) in [4.78, 5) is 8.92. The molecule has 2 aromatic rings. The lowest BCUT2D eigenvalue weighted by atomic mass is 10.3. The molecule has 0 saturated carbocycles. The summed E-state index contributed by atoms with van der Waals surface area (Å²) in [6.45, 7) is 1.88. The molecule has 3 N–H and O–H groups in total. The third-order valence-corrected chi connectivity index (χ3v) is 2.27. The van der Waals surface area contributed by atoms with Crippen molar-refractivity contribution < 1.29 is 27.8 Å². The van der Waals surface area contributed by atoms with Crippen molar-refractivity contribution in [2.45, 2.75) is 6.92 Å². The van der Waals surface area contributed by atoms with E-state index in [-0.39, 0.29) is 0 Å². The van der Waals surface area contributed by atoms with Gasteiger partial charge in [-0.05, 0) is 17.3 Å². The van der Waals surface area contributed by atoms with Crippen molar-refractivity contribution in [2.24, 2.45) is 0 Å². The largest absolute Gasteiger partial charge is 0.673 e. The molecule has 0 aliphatic carbocycles. The van der Waals surface area contributed by atoms with Crippen LogP contribution in [0, 0.1) is 0 Å². The highest BCUT2D eigenvalue weighted by molar-refractivity contribution is 6.50. The molecule has 0 aliphatic heterocycles. The summed E-state index contributed by atoms with van der Waals surface area (Å²) in [5.41, 5.74) is 6.33. The van der Waals surface area contributed by atoms with Crippen LogP contribution in [-0.2, 0) is 0 Å². The maximum Gasteiger partial charge on any atom is 0.673 e. The number of allylic oxidation sites excluding steroid dienone is 1. The zero-order valence-electron chi connectivity index (χ0n) is 12.3. The Morgan fingerprint density at radius 3 is 2.27 bits per heavy atom. The first kappa shape index (κ1) is 17.8. The van der Waals surface area contributed by atoms with Crippen molar-refractivity contribution in [2.75, 3.05) is 14.1 Å². The first-order valence-electron chi connectivity index (χ1n) is 6.16. The molecule has 0 unspecified atom stereocenters. The van der Waals surface area contributed by atoms with Crippen LogP contribution in [-0.4, -0.2) is 41.4 Å². The maximum absolute atomic E-state index is 9.75. The van der Waals surface area contributed by atoms with E-state index in [0.29, 0.717) is 5.88 Å². The fraction of sp³-hybridized carbons (Fsp3) is 0.273. The lowest BCUT2D eigenvalue weighted by Gasteiger charge is -2.16. The minimum atomic E-state index is -6.00. The molecule has 1 aromatic heterocycles. The molecule has 2 rings (SSSR count). The minimum Gasteiger partial charge on any atom is -0.418 e. The van der Waals surface area contributed by atoms with Gasteiger partial charge in [0.2, 0.25) is 0 Å². The number of para-hydroxylation sites is 1. The second kappa shape index (κ2) is 7.12. The third kappa shape index (κ3) is 5.60. The van der Waals surface area contributed by atoms with E-state index in [1.165, 1.54) is 4.85 Å². The zero-order chi connectivity index (χ0) is 16.9. The number of benzene rings is 1. The van der Waals surface area contributed by atoms with Crippen LogP contribution in [0.4, 0.5) is 17.3 Å². The van der Waals surface area contributed by atoms with Crippen LogP contribution in [0.1, 0.15) is 6.92 Å². The predicted molar refractivity (Wildman–Crippen MR) is 73.6 cm³/mol. The van der Waals surface area contributed by atoms with E-state index < -0.39 is 7.25 Å². The normalized spacial score (nSPS) is 12.4. The lowest BCUT2D eigenvalue weighted by molar-refractivity contribution is -0.309. The molecule has 1 aromatic carbocycles. The first-order chi connectivity index (χ1) is 10.1. The number of halogens is 4. The van der Waals surface area contributed by atoms with Crippen molar-refractivity contribution in [3.05, 3.63) is 35.8 Å². The van der Waals surface area contributed by atoms with Crippen molar-refractivity contribution >= 4 is 18.3 Å². The quantitative estimate of drug-likeness (QED) is 0.523. The van der Waals surface area contributed by atoms with Gasteiger partial charge in [0.05, 0.1) is 0 Å². The molecule has 0 fully saturated rings. The highest BCUT2D eigenvalue weighted by atomic mass is 19.5. The summed E-state index contributed by atoms with van der Waals surface area (Å²) in [5.74, 6) is 0.653. The summed E-state index contributed by atoms with van der Waals surface area (Å²) < 4.78 is 39.0. The predicted octanol–water partition coefficient (Wildman–Crippen LogP) is 1.15. The average Bonchev–Trinajstić information content (AvgIpc) is 2.76. The molecule has 6 nitrogen and oxygen atoms in total. The number of hydrogen-bond acceptors (Lipinski definition) is 4. The third-order valence-electron chi connectivity index (χ3n) is 2.27. The molecule has 11 heteroatoms. The van der Waals surface area contributed by atoms with E-state index in [2.05, 4.69) is 16.0 Å². The average molecular weight is 321 g/mol.